The molecule has 138 valence electrons. The number of hydrogen-bond donors (Lipinski definition) is 0. The Labute approximate surface area is 152 Å². The molecule has 0 spiro atoms. The highest BCUT2D eigenvalue weighted by molar-refractivity contribution is 5.94. The van der Waals surface area contributed by atoms with Gasteiger partial charge in [0.25, 0.3) is 5.91 Å². The Balaban J connectivity index is 1.67. The standard InChI is InChI=1S/C20H23FN2O3/c1-3-26-19-7-5-4-6-17(19)22-10-12-23(13-11-22)20(24)15-8-9-18(25-2)16(21)14-15/h4-9,14H,3,10-13H2,1-2H3. The van der Waals surface area contributed by atoms with Crippen molar-refractivity contribution in [2.45, 2.75) is 6.92 Å². The Morgan fingerprint density at radius 1 is 1.08 bits per heavy atom. The van der Waals surface area contributed by atoms with Gasteiger partial charge in [-0.05, 0) is 37.3 Å². The molecule has 1 fully saturated rings. The molecule has 1 amide bonds. The molecule has 0 unspecified atom stereocenters. The van der Waals surface area contributed by atoms with E-state index < -0.39 is 5.82 Å². The van der Waals surface area contributed by atoms with Gasteiger partial charge in [0.2, 0.25) is 0 Å². The SMILES string of the molecule is CCOc1ccccc1N1CCN(C(=O)c2ccc(OC)c(F)c2)CC1. The average molecular weight is 358 g/mol. The molecule has 0 atom stereocenters. The van der Waals surface area contributed by atoms with Crippen molar-refractivity contribution in [1.82, 2.24) is 4.90 Å². The monoisotopic (exact) mass is 358 g/mol. The number of amides is 1. The van der Waals surface area contributed by atoms with Gasteiger partial charge in [-0.15, -0.1) is 0 Å². The Morgan fingerprint density at radius 3 is 2.46 bits per heavy atom. The van der Waals surface area contributed by atoms with E-state index in [1.807, 2.05) is 31.2 Å². The molecule has 1 saturated heterocycles. The highest BCUT2D eigenvalue weighted by Crippen LogP contribution is 2.29. The van der Waals surface area contributed by atoms with Crippen LogP contribution in [0.2, 0.25) is 0 Å². The van der Waals surface area contributed by atoms with Crippen LogP contribution in [0, 0.1) is 5.82 Å². The van der Waals surface area contributed by atoms with Crippen molar-refractivity contribution in [3.05, 3.63) is 53.8 Å². The summed E-state index contributed by atoms with van der Waals surface area (Å²) in [5.41, 5.74) is 1.38. The van der Waals surface area contributed by atoms with Crippen LogP contribution >= 0.6 is 0 Å². The second-order valence-corrected chi connectivity index (χ2v) is 6.03. The smallest absolute Gasteiger partial charge is 0.254 e. The minimum Gasteiger partial charge on any atom is -0.494 e. The molecule has 0 bridgehead atoms. The van der Waals surface area contributed by atoms with Crippen LogP contribution in [0.1, 0.15) is 17.3 Å². The van der Waals surface area contributed by atoms with Crippen LogP contribution < -0.4 is 14.4 Å². The maximum atomic E-state index is 13.9. The van der Waals surface area contributed by atoms with Gasteiger partial charge in [-0.3, -0.25) is 4.79 Å². The Kier molecular flexibility index (Phi) is 5.61. The summed E-state index contributed by atoms with van der Waals surface area (Å²) in [7, 11) is 1.40. The first kappa shape index (κ1) is 18.0. The van der Waals surface area contributed by atoms with Gasteiger partial charge in [-0.2, -0.15) is 0 Å². The van der Waals surface area contributed by atoms with Crippen LogP contribution in [0.25, 0.3) is 0 Å². The van der Waals surface area contributed by atoms with Crippen molar-refractivity contribution < 1.29 is 18.7 Å². The molecule has 1 heterocycles. The van der Waals surface area contributed by atoms with E-state index in [9.17, 15) is 9.18 Å². The van der Waals surface area contributed by atoms with Crippen LogP contribution in [0.4, 0.5) is 10.1 Å². The summed E-state index contributed by atoms with van der Waals surface area (Å²) in [6, 6.07) is 12.2. The number of piperazine rings is 1. The molecule has 0 saturated carbocycles. The second-order valence-electron chi connectivity index (χ2n) is 6.03. The molecule has 2 aromatic rings. The molecule has 3 rings (SSSR count). The van der Waals surface area contributed by atoms with Gasteiger partial charge in [-0.25, -0.2) is 4.39 Å². The first-order valence-corrected chi connectivity index (χ1v) is 8.73. The third-order valence-corrected chi connectivity index (χ3v) is 4.47. The number of para-hydroxylation sites is 2. The normalized spacial score (nSPS) is 14.3. The fourth-order valence-corrected chi connectivity index (χ4v) is 3.13. The summed E-state index contributed by atoms with van der Waals surface area (Å²) >= 11 is 0. The van der Waals surface area contributed by atoms with Crippen LogP contribution in [-0.2, 0) is 0 Å². The van der Waals surface area contributed by atoms with Crippen molar-refractivity contribution in [1.29, 1.82) is 0 Å². The van der Waals surface area contributed by atoms with E-state index in [4.69, 9.17) is 9.47 Å². The lowest BCUT2D eigenvalue weighted by Gasteiger charge is -2.36. The first-order valence-electron chi connectivity index (χ1n) is 8.73. The highest BCUT2D eigenvalue weighted by atomic mass is 19.1. The summed E-state index contributed by atoms with van der Waals surface area (Å²) < 4.78 is 24.5. The van der Waals surface area contributed by atoms with Crippen molar-refractivity contribution in [2.24, 2.45) is 0 Å². The largest absolute Gasteiger partial charge is 0.494 e. The number of ether oxygens (including phenoxy) is 2. The van der Waals surface area contributed by atoms with Gasteiger partial charge in [0.05, 0.1) is 19.4 Å². The minimum absolute atomic E-state index is 0.138. The molecule has 0 N–H and O–H groups in total. The van der Waals surface area contributed by atoms with Crippen molar-refractivity contribution in [3.63, 3.8) is 0 Å². The summed E-state index contributed by atoms with van der Waals surface area (Å²) in [6.45, 7) is 5.13. The molecule has 1 aliphatic heterocycles. The second kappa shape index (κ2) is 8.08. The fourth-order valence-electron chi connectivity index (χ4n) is 3.13. The van der Waals surface area contributed by atoms with Crippen molar-refractivity contribution >= 4 is 11.6 Å². The number of halogens is 1. The van der Waals surface area contributed by atoms with Crippen LogP contribution in [-0.4, -0.2) is 50.7 Å². The average Bonchev–Trinajstić information content (AvgIpc) is 2.68. The summed E-state index contributed by atoms with van der Waals surface area (Å²) in [5.74, 6) is 0.304. The van der Waals surface area contributed by atoms with E-state index >= 15 is 0 Å². The van der Waals surface area contributed by atoms with Gasteiger partial charge < -0.3 is 19.3 Å². The van der Waals surface area contributed by atoms with Gasteiger partial charge in [-0.1, -0.05) is 12.1 Å². The van der Waals surface area contributed by atoms with Crippen LogP contribution in [0.3, 0.4) is 0 Å². The summed E-state index contributed by atoms with van der Waals surface area (Å²) in [4.78, 5) is 16.6. The zero-order valence-electron chi connectivity index (χ0n) is 15.1. The van der Waals surface area contributed by atoms with E-state index in [0.29, 0.717) is 38.3 Å². The van der Waals surface area contributed by atoms with Gasteiger partial charge in [0.15, 0.2) is 11.6 Å². The molecule has 0 radical (unpaired) electrons. The lowest BCUT2D eigenvalue weighted by atomic mass is 10.1. The molecule has 5 nitrogen and oxygen atoms in total. The number of methoxy groups -OCH3 is 1. The Bertz CT molecular complexity index is 773. The highest BCUT2D eigenvalue weighted by Gasteiger charge is 2.24. The van der Waals surface area contributed by atoms with Crippen LogP contribution in [0.15, 0.2) is 42.5 Å². The maximum absolute atomic E-state index is 13.9. The lowest BCUT2D eigenvalue weighted by Crippen LogP contribution is -2.48. The van der Waals surface area contributed by atoms with Gasteiger partial charge in [0.1, 0.15) is 5.75 Å². The number of rotatable bonds is 5. The summed E-state index contributed by atoms with van der Waals surface area (Å²) in [5, 5.41) is 0. The number of nitrogens with zero attached hydrogens (tertiary/aromatic N) is 2. The lowest BCUT2D eigenvalue weighted by molar-refractivity contribution is 0.0746. The predicted molar refractivity (Wildman–Crippen MR) is 98.7 cm³/mol. The molecule has 6 heteroatoms. The van der Waals surface area contributed by atoms with Gasteiger partial charge in [0, 0.05) is 31.7 Å². The molecular weight excluding hydrogens is 335 g/mol. The molecular formula is C20H23FN2O3. The van der Waals surface area contributed by atoms with Gasteiger partial charge >= 0.3 is 0 Å². The van der Waals surface area contributed by atoms with E-state index in [0.717, 1.165) is 11.4 Å². The van der Waals surface area contributed by atoms with E-state index in [-0.39, 0.29) is 11.7 Å². The topological polar surface area (TPSA) is 42.0 Å². The molecule has 0 aromatic heterocycles. The van der Waals surface area contributed by atoms with E-state index in [1.54, 1.807) is 11.0 Å². The molecule has 26 heavy (non-hydrogen) atoms. The third kappa shape index (κ3) is 3.74. The first-order chi connectivity index (χ1) is 12.6. The minimum atomic E-state index is -0.525. The quantitative estimate of drug-likeness (QED) is 0.823. The maximum Gasteiger partial charge on any atom is 0.254 e. The number of carbonyl (C=O) groups excluding carboxylic acids is 1. The molecule has 2 aromatic carbocycles. The fraction of sp³-hybridized carbons (Fsp3) is 0.350. The third-order valence-electron chi connectivity index (χ3n) is 4.47. The van der Waals surface area contributed by atoms with Crippen LogP contribution in [0.5, 0.6) is 11.5 Å². The Morgan fingerprint density at radius 2 is 1.81 bits per heavy atom. The van der Waals surface area contributed by atoms with Crippen molar-refractivity contribution in [3.8, 4) is 11.5 Å². The number of anilines is 1. The van der Waals surface area contributed by atoms with E-state index in [1.165, 1.54) is 19.2 Å². The van der Waals surface area contributed by atoms with E-state index in [2.05, 4.69) is 4.90 Å². The van der Waals surface area contributed by atoms with Crippen molar-refractivity contribution in [2.75, 3.05) is 44.8 Å². The predicted octanol–water partition coefficient (Wildman–Crippen LogP) is 3.20. The summed E-state index contributed by atoms with van der Waals surface area (Å²) in [6.07, 6.45) is 0. The zero-order chi connectivity index (χ0) is 18.5. The number of hydrogen-bond acceptors (Lipinski definition) is 4. The number of benzene rings is 2. The number of carbonyl (C=O) groups is 1. The zero-order valence-corrected chi connectivity index (χ0v) is 15.1. The molecule has 1 aliphatic rings. The Hall–Kier alpha value is -2.76. The molecule has 0 aliphatic carbocycles.